The van der Waals surface area contributed by atoms with Crippen molar-refractivity contribution < 1.29 is 14.7 Å². The molecule has 0 spiro atoms. The number of carbonyl (C=O) groups excluding carboxylic acids is 1. The number of carboxylic acid groups (broad SMARTS) is 1. The standard InChI is InChI=1S/C21H17NO3S/c23-20(22-17-12-10-16(11-13-17)21(24)25)18-8-4-5-9-19(18)26-14-15-6-2-1-3-7-15/h1-13H,14H2,(H,22,23)(H,24,25). The molecule has 0 saturated heterocycles. The average Bonchev–Trinajstić information content (AvgIpc) is 2.68. The Morgan fingerprint density at radius 3 is 2.19 bits per heavy atom. The van der Waals surface area contributed by atoms with E-state index in [2.05, 4.69) is 17.4 Å². The number of benzene rings is 3. The van der Waals surface area contributed by atoms with Crippen molar-refractivity contribution >= 4 is 29.3 Å². The molecular weight excluding hydrogens is 346 g/mol. The van der Waals surface area contributed by atoms with Crippen LogP contribution < -0.4 is 5.32 Å². The molecule has 3 rings (SSSR count). The maximum absolute atomic E-state index is 12.6. The molecule has 26 heavy (non-hydrogen) atoms. The summed E-state index contributed by atoms with van der Waals surface area (Å²) >= 11 is 1.61. The zero-order valence-corrected chi connectivity index (χ0v) is 14.7. The lowest BCUT2D eigenvalue weighted by Crippen LogP contribution is -2.13. The largest absolute Gasteiger partial charge is 0.478 e. The minimum Gasteiger partial charge on any atom is -0.478 e. The van der Waals surface area contributed by atoms with Gasteiger partial charge in [-0.25, -0.2) is 4.79 Å². The number of aromatic carboxylic acids is 1. The van der Waals surface area contributed by atoms with E-state index in [0.29, 0.717) is 11.3 Å². The number of anilines is 1. The molecule has 1 amide bonds. The fourth-order valence-electron chi connectivity index (χ4n) is 2.41. The highest BCUT2D eigenvalue weighted by Gasteiger charge is 2.12. The summed E-state index contributed by atoms with van der Waals surface area (Å²) in [5, 5.41) is 11.8. The molecule has 0 atom stereocenters. The van der Waals surface area contributed by atoms with Gasteiger partial charge in [-0.1, -0.05) is 42.5 Å². The van der Waals surface area contributed by atoms with Crippen LogP contribution in [0.1, 0.15) is 26.3 Å². The summed E-state index contributed by atoms with van der Waals surface area (Å²) in [6, 6.07) is 23.6. The highest BCUT2D eigenvalue weighted by molar-refractivity contribution is 7.98. The van der Waals surface area contributed by atoms with E-state index in [9.17, 15) is 9.59 Å². The third-order valence-electron chi connectivity index (χ3n) is 3.76. The fourth-order valence-corrected chi connectivity index (χ4v) is 3.42. The predicted molar refractivity (Wildman–Crippen MR) is 104 cm³/mol. The first-order chi connectivity index (χ1) is 12.6. The third kappa shape index (κ3) is 4.52. The van der Waals surface area contributed by atoms with Gasteiger partial charge >= 0.3 is 5.97 Å². The Kier molecular flexibility index (Phi) is 5.71. The first-order valence-corrected chi connectivity index (χ1v) is 9.02. The summed E-state index contributed by atoms with van der Waals surface area (Å²) in [6.07, 6.45) is 0. The Labute approximate surface area is 155 Å². The molecule has 0 fully saturated rings. The lowest BCUT2D eigenvalue weighted by atomic mass is 10.2. The molecule has 3 aromatic rings. The third-order valence-corrected chi connectivity index (χ3v) is 4.90. The minimum absolute atomic E-state index is 0.182. The second kappa shape index (κ2) is 8.36. The van der Waals surface area contributed by atoms with Crippen LogP contribution in [0.15, 0.2) is 83.8 Å². The molecule has 130 valence electrons. The van der Waals surface area contributed by atoms with Crippen LogP contribution in [0.25, 0.3) is 0 Å². The Bertz CT molecular complexity index is 908. The second-order valence-electron chi connectivity index (χ2n) is 5.61. The normalized spacial score (nSPS) is 10.3. The first-order valence-electron chi connectivity index (χ1n) is 8.04. The molecule has 0 aliphatic carbocycles. The van der Waals surface area contributed by atoms with E-state index in [-0.39, 0.29) is 11.5 Å². The van der Waals surface area contributed by atoms with Crippen molar-refractivity contribution in [3.63, 3.8) is 0 Å². The zero-order valence-electron chi connectivity index (χ0n) is 13.9. The molecule has 0 unspecified atom stereocenters. The molecule has 5 heteroatoms. The smallest absolute Gasteiger partial charge is 0.335 e. The Morgan fingerprint density at radius 2 is 1.50 bits per heavy atom. The number of amides is 1. The van der Waals surface area contributed by atoms with Crippen LogP contribution >= 0.6 is 11.8 Å². The van der Waals surface area contributed by atoms with Gasteiger partial charge < -0.3 is 10.4 Å². The van der Waals surface area contributed by atoms with Crippen molar-refractivity contribution in [1.82, 2.24) is 0 Å². The number of rotatable bonds is 6. The van der Waals surface area contributed by atoms with Crippen LogP contribution in [0, 0.1) is 0 Å². The molecule has 0 heterocycles. The van der Waals surface area contributed by atoms with Gasteiger partial charge in [-0.15, -0.1) is 11.8 Å². The monoisotopic (exact) mass is 363 g/mol. The molecule has 0 aliphatic heterocycles. The number of carboxylic acids is 1. The summed E-state index contributed by atoms with van der Waals surface area (Å²) in [7, 11) is 0. The second-order valence-corrected chi connectivity index (χ2v) is 6.62. The van der Waals surface area contributed by atoms with Gasteiger partial charge in [-0.2, -0.15) is 0 Å². The number of nitrogens with one attached hydrogen (secondary N) is 1. The highest BCUT2D eigenvalue weighted by atomic mass is 32.2. The predicted octanol–water partition coefficient (Wildman–Crippen LogP) is 4.93. The van der Waals surface area contributed by atoms with Crippen molar-refractivity contribution in [2.75, 3.05) is 5.32 Å². The molecule has 0 aliphatic rings. The minimum atomic E-state index is -0.995. The molecule has 0 aromatic heterocycles. The van der Waals surface area contributed by atoms with Gasteiger partial charge in [0.15, 0.2) is 0 Å². The molecule has 0 saturated carbocycles. The average molecular weight is 363 g/mol. The van der Waals surface area contributed by atoms with Crippen LogP contribution in [-0.4, -0.2) is 17.0 Å². The van der Waals surface area contributed by atoms with Gasteiger partial charge in [-0.3, -0.25) is 4.79 Å². The van der Waals surface area contributed by atoms with Crippen molar-refractivity contribution in [2.24, 2.45) is 0 Å². The van der Waals surface area contributed by atoms with Crippen LogP contribution in [0.2, 0.25) is 0 Å². The molecule has 0 radical (unpaired) electrons. The summed E-state index contributed by atoms with van der Waals surface area (Å²) in [6.45, 7) is 0. The van der Waals surface area contributed by atoms with Gasteiger partial charge in [0.25, 0.3) is 5.91 Å². The van der Waals surface area contributed by atoms with Crippen molar-refractivity contribution in [1.29, 1.82) is 0 Å². The van der Waals surface area contributed by atoms with E-state index < -0.39 is 5.97 Å². The maximum atomic E-state index is 12.6. The molecular formula is C21H17NO3S. The van der Waals surface area contributed by atoms with E-state index in [4.69, 9.17) is 5.11 Å². The van der Waals surface area contributed by atoms with E-state index in [1.54, 1.807) is 30.0 Å². The van der Waals surface area contributed by atoms with Crippen LogP contribution in [-0.2, 0) is 5.75 Å². The number of hydrogen-bond acceptors (Lipinski definition) is 3. The Balaban J connectivity index is 1.72. The molecule has 4 nitrogen and oxygen atoms in total. The Hall–Kier alpha value is -3.05. The summed E-state index contributed by atoms with van der Waals surface area (Å²) < 4.78 is 0. The van der Waals surface area contributed by atoms with Crippen LogP contribution in [0.5, 0.6) is 0 Å². The van der Waals surface area contributed by atoms with Crippen LogP contribution in [0.4, 0.5) is 5.69 Å². The van der Waals surface area contributed by atoms with Gasteiger partial charge in [0.1, 0.15) is 0 Å². The van der Waals surface area contributed by atoms with Crippen LogP contribution in [0.3, 0.4) is 0 Å². The number of carbonyl (C=O) groups is 2. The first kappa shape index (κ1) is 17.8. The SMILES string of the molecule is O=C(O)c1ccc(NC(=O)c2ccccc2SCc2ccccc2)cc1. The summed E-state index contributed by atoms with van der Waals surface area (Å²) in [5.74, 6) is -0.437. The zero-order chi connectivity index (χ0) is 18.4. The van der Waals surface area contributed by atoms with Gasteiger partial charge in [-0.05, 0) is 42.0 Å². The van der Waals surface area contributed by atoms with E-state index >= 15 is 0 Å². The molecule has 0 bridgehead atoms. The summed E-state index contributed by atoms with van der Waals surface area (Å²) in [4.78, 5) is 24.4. The van der Waals surface area contributed by atoms with Crippen molar-refractivity contribution in [3.05, 3.63) is 95.6 Å². The number of hydrogen-bond donors (Lipinski definition) is 2. The molecule has 2 N–H and O–H groups in total. The van der Waals surface area contributed by atoms with Gasteiger partial charge in [0.05, 0.1) is 11.1 Å². The fraction of sp³-hybridized carbons (Fsp3) is 0.0476. The van der Waals surface area contributed by atoms with Crippen molar-refractivity contribution in [3.8, 4) is 0 Å². The van der Waals surface area contributed by atoms with Gasteiger partial charge in [0.2, 0.25) is 0 Å². The van der Waals surface area contributed by atoms with E-state index in [1.807, 2.05) is 36.4 Å². The Morgan fingerprint density at radius 1 is 0.846 bits per heavy atom. The number of thioether (sulfide) groups is 1. The molecule has 3 aromatic carbocycles. The quantitative estimate of drug-likeness (QED) is 0.610. The lowest BCUT2D eigenvalue weighted by molar-refractivity contribution is 0.0696. The lowest BCUT2D eigenvalue weighted by Gasteiger charge is -2.10. The summed E-state index contributed by atoms with van der Waals surface area (Å²) in [5.41, 5.74) is 2.53. The highest BCUT2D eigenvalue weighted by Crippen LogP contribution is 2.27. The van der Waals surface area contributed by atoms with E-state index in [0.717, 1.165) is 10.6 Å². The topological polar surface area (TPSA) is 66.4 Å². The van der Waals surface area contributed by atoms with Crippen molar-refractivity contribution in [2.45, 2.75) is 10.6 Å². The van der Waals surface area contributed by atoms with E-state index in [1.165, 1.54) is 17.7 Å². The van der Waals surface area contributed by atoms with Gasteiger partial charge in [0, 0.05) is 16.3 Å². The maximum Gasteiger partial charge on any atom is 0.335 e.